The summed E-state index contributed by atoms with van der Waals surface area (Å²) in [7, 11) is 1.50. The zero-order chi connectivity index (χ0) is 12.0. The number of carbonyl (C=O) groups excluding carboxylic acids is 2. The molecule has 0 bridgehead atoms. The molecule has 0 heterocycles. The van der Waals surface area contributed by atoms with Crippen LogP contribution in [0, 0.1) is 0 Å². The summed E-state index contributed by atoms with van der Waals surface area (Å²) in [5, 5.41) is 2.47. The Kier molecular flexibility index (Phi) is 4.32. The Labute approximate surface area is 93.4 Å². The first-order chi connectivity index (χ1) is 7.71. The molecule has 0 fully saturated rings. The van der Waals surface area contributed by atoms with Crippen LogP contribution in [0.4, 0.5) is 10.5 Å². The van der Waals surface area contributed by atoms with E-state index in [1.54, 1.807) is 19.1 Å². The number of hydrogen-bond donors (Lipinski definition) is 1. The van der Waals surface area contributed by atoms with E-state index in [0.717, 1.165) is 0 Å². The molecule has 1 N–H and O–H groups in total. The monoisotopic (exact) mass is 223 g/mol. The summed E-state index contributed by atoms with van der Waals surface area (Å²) in [6.45, 7) is 1.98. The normalized spacial score (nSPS) is 9.38. The third-order valence-corrected chi connectivity index (χ3v) is 1.90. The summed E-state index contributed by atoms with van der Waals surface area (Å²) >= 11 is 0. The highest BCUT2D eigenvalue weighted by molar-refractivity contribution is 5.93. The van der Waals surface area contributed by atoms with Crippen LogP contribution in [0.2, 0.25) is 0 Å². The molecule has 1 aromatic rings. The number of aldehydes is 1. The maximum absolute atomic E-state index is 11.2. The second kappa shape index (κ2) is 5.75. The van der Waals surface area contributed by atoms with Crippen molar-refractivity contribution < 1.29 is 19.1 Å². The van der Waals surface area contributed by atoms with Gasteiger partial charge in [0.2, 0.25) is 0 Å². The summed E-state index contributed by atoms with van der Waals surface area (Å²) in [6, 6.07) is 4.77. The zero-order valence-electron chi connectivity index (χ0n) is 9.15. The molecule has 5 nitrogen and oxygen atoms in total. The van der Waals surface area contributed by atoms with Crippen molar-refractivity contribution in [2.45, 2.75) is 6.92 Å². The average Bonchev–Trinajstić information content (AvgIpc) is 2.30. The molecule has 5 heteroatoms. The van der Waals surface area contributed by atoms with E-state index in [-0.39, 0.29) is 6.61 Å². The summed E-state index contributed by atoms with van der Waals surface area (Å²) in [6.07, 6.45) is 0.0557. The minimum absolute atomic E-state index is 0.276. The molecular weight excluding hydrogens is 210 g/mol. The lowest BCUT2D eigenvalue weighted by Crippen LogP contribution is -2.14. The van der Waals surface area contributed by atoms with Gasteiger partial charge in [0.05, 0.1) is 19.4 Å². The van der Waals surface area contributed by atoms with Crippen molar-refractivity contribution in [2.75, 3.05) is 19.0 Å². The minimum atomic E-state index is -0.587. The fraction of sp³-hybridized carbons (Fsp3) is 0.273. The maximum atomic E-state index is 11.2. The third kappa shape index (κ3) is 2.98. The van der Waals surface area contributed by atoms with E-state index >= 15 is 0 Å². The van der Waals surface area contributed by atoms with Crippen LogP contribution in [0.25, 0.3) is 0 Å². The number of benzene rings is 1. The van der Waals surface area contributed by atoms with Crippen LogP contribution in [-0.4, -0.2) is 26.1 Å². The SMILES string of the molecule is CCOC(=O)Nc1ccc(OC)cc1C=O. The first kappa shape index (κ1) is 12.0. The lowest BCUT2D eigenvalue weighted by molar-refractivity contribution is 0.112. The molecular formula is C11H13NO4. The van der Waals surface area contributed by atoms with Crippen molar-refractivity contribution in [1.29, 1.82) is 0 Å². The van der Waals surface area contributed by atoms with Gasteiger partial charge in [0, 0.05) is 5.56 Å². The lowest BCUT2D eigenvalue weighted by atomic mass is 10.2. The number of methoxy groups -OCH3 is 1. The topological polar surface area (TPSA) is 64.6 Å². The Morgan fingerprint density at radius 3 is 2.81 bits per heavy atom. The molecule has 1 rings (SSSR count). The first-order valence-corrected chi connectivity index (χ1v) is 4.78. The highest BCUT2D eigenvalue weighted by Gasteiger charge is 2.07. The van der Waals surface area contributed by atoms with Gasteiger partial charge in [-0.05, 0) is 25.1 Å². The lowest BCUT2D eigenvalue weighted by Gasteiger charge is -2.08. The van der Waals surface area contributed by atoms with Gasteiger partial charge in [-0.3, -0.25) is 10.1 Å². The molecule has 1 aromatic carbocycles. The molecule has 0 aliphatic rings. The van der Waals surface area contributed by atoms with Gasteiger partial charge in [-0.1, -0.05) is 0 Å². The zero-order valence-corrected chi connectivity index (χ0v) is 9.15. The molecule has 0 aliphatic carbocycles. The summed E-state index contributed by atoms with van der Waals surface area (Å²) in [5.74, 6) is 0.552. The Balaban J connectivity index is 2.87. The van der Waals surface area contributed by atoms with Gasteiger partial charge in [0.25, 0.3) is 0 Å². The molecule has 0 radical (unpaired) electrons. The van der Waals surface area contributed by atoms with E-state index in [2.05, 4.69) is 5.32 Å². The van der Waals surface area contributed by atoms with Crippen LogP contribution in [0.1, 0.15) is 17.3 Å². The molecule has 0 aliphatic heterocycles. The second-order valence-electron chi connectivity index (χ2n) is 2.92. The molecule has 86 valence electrons. The van der Waals surface area contributed by atoms with E-state index in [9.17, 15) is 9.59 Å². The molecule has 16 heavy (non-hydrogen) atoms. The van der Waals surface area contributed by atoms with Crippen molar-refractivity contribution in [1.82, 2.24) is 0 Å². The van der Waals surface area contributed by atoms with E-state index < -0.39 is 6.09 Å². The van der Waals surface area contributed by atoms with Crippen molar-refractivity contribution >= 4 is 18.1 Å². The fourth-order valence-corrected chi connectivity index (χ4v) is 1.16. The first-order valence-electron chi connectivity index (χ1n) is 4.78. The molecule has 1 amide bonds. The van der Waals surface area contributed by atoms with E-state index in [1.807, 2.05) is 0 Å². The maximum Gasteiger partial charge on any atom is 0.411 e. The summed E-state index contributed by atoms with van der Waals surface area (Å²) in [4.78, 5) is 21.9. The second-order valence-corrected chi connectivity index (χ2v) is 2.92. The molecule has 0 atom stereocenters. The number of hydrogen-bond acceptors (Lipinski definition) is 4. The standard InChI is InChI=1S/C11H13NO4/c1-3-16-11(14)12-10-5-4-9(15-2)6-8(10)7-13/h4-7H,3H2,1-2H3,(H,12,14). The van der Waals surface area contributed by atoms with E-state index in [1.165, 1.54) is 13.2 Å². The largest absolute Gasteiger partial charge is 0.497 e. The predicted octanol–water partition coefficient (Wildman–Crippen LogP) is 2.08. The Hall–Kier alpha value is -2.04. The Morgan fingerprint density at radius 1 is 1.50 bits per heavy atom. The Bertz CT molecular complexity index is 390. The number of amides is 1. The van der Waals surface area contributed by atoms with Crippen LogP contribution < -0.4 is 10.1 Å². The van der Waals surface area contributed by atoms with Crippen molar-refractivity contribution in [2.24, 2.45) is 0 Å². The minimum Gasteiger partial charge on any atom is -0.497 e. The summed E-state index contributed by atoms with van der Waals surface area (Å²) < 4.78 is 9.67. The smallest absolute Gasteiger partial charge is 0.411 e. The van der Waals surface area contributed by atoms with Crippen LogP contribution in [0.15, 0.2) is 18.2 Å². The third-order valence-electron chi connectivity index (χ3n) is 1.90. The van der Waals surface area contributed by atoms with Gasteiger partial charge < -0.3 is 9.47 Å². The fourth-order valence-electron chi connectivity index (χ4n) is 1.16. The highest BCUT2D eigenvalue weighted by Crippen LogP contribution is 2.20. The van der Waals surface area contributed by atoms with Crippen LogP contribution >= 0.6 is 0 Å². The van der Waals surface area contributed by atoms with Crippen molar-refractivity contribution in [3.63, 3.8) is 0 Å². The van der Waals surface area contributed by atoms with E-state index in [4.69, 9.17) is 9.47 Å². The van der Waals surface area contributed by atoms with Gasteiger partial charge in [0.1, 0.15) is 5.75 Å². The summed E-state index contributed by atoms with van der Waals surface area (Å²) in [5.41, 5.74) is 0.738. The highest BCUT2D eigenvalue weighted by atomic mass is 16.5. The van der Waals surface area contributed by atoms with Gasteiger partial charge >= 0.3 is 6.09 Å². The molecule has 0 aromatic heterocycles. The molecule has 0 unspecified atom stereocenters. The number of carbonyl (C=O) groups is 2. The Morgan fingerprint density at radius 2 is 2.25 bits per heavy atom. The van der Waals surface area contributed by atoms with Crippen molar-refractivity contribution in [3.05, 3.63) is 23.8 Å². The number of anilines is 1. The van der Waals surface area contributed by atoms with Gasteiger partial charge in [0.15, 0.2) is 6.29 Å². The quantitative estimate of drug-likeness (QED) is 0.793. The van der Waals surface area contributed by atoms with Gasteiger partial charge in [-0.15, -0.1) is 0 Å². The average molecular weight is 223 g/mol. The predicted molar refractivity (Wildman–Crippen MR) is 59.0 cm³/mol. The van der Waals surface area contributed by atoms with Gasteiger partial charge in [-0.25, -0.2) is 4.79 Å². The molecule has 0 saturated heterocycles. The number of nitrogens with one attached hydrogen (secondary N) is 1. The van der Waals surface area contributed by atoms with Crippen LogP contribution in [-0.2, 0) is 4.74 Å². The van der Waals surface area contributed by atoms with Crippen LogP contribution in [0.3, 0.4) is 0 Å². The van der Waals surface area contributed by atoms with E-state index in [0.29, 0.717) is 23.3 Å². The molecule has 0 saturated carbocycles. The number of rotatable bonds is 4. The van der Waals surface area contributed by atoms with Crippen LogP contribution in [0.5, 0.6) is 5.75 Å². The van der Waals surface area contributed by atoms with Crippen molar-refractivity contribution in [3.8, 4) is 5.75 Å². The molecule has 0 spiro atoms. The van der Waals surface area contributed by atoms with Gasteiger partial charge in [-0.2, -0.15) is 0 Å². The number of ether oxygens (including phenoxy) is 2.